The lowest BCUT2D eigenvalue weighted by Gasteiger charge is -2.19. The number of hydrogen-bond acceptors (Lipinski definition) is 4. The third-order valence-corrected chi connectivity index (χ3v) is 4.00. The third kappa shape index (κ3) is 4.78. The topological polar surface area (TPSA) is 49.8 Å². The predicted octanol–water partition coefficient (Wildman–Crippen LogP) is 2.46. The summed E-state index contributed by atoms with van der Waals surface area (Å²) in [7, 11) is 2.09. The molecule has 104 valence electrons. The van der Waals surface area contributed by atoms with Gasteiger partial charge in [-0.2, -0.15) is 0 Å². The summed E-state index contributed by atoms with van der Waals surface area (Å²) in [5.74, 6) is -0.914. The zero-order valence-corrected chi connectivity index (χ0v) is 11.9. The fourth-order valence-corrected chi connectivity index (χ4v) is 3.14. The Bertz CT molecular complexity index is 449. The molecule has 0 spiro atoms. The second-order valence-corrected chi connectivity index (χ2v) is 5.85. The van der Waals surface area contributed by atoms with Crippen molar-refractivity contribution >= 4 is 23.4 Å². The van der Waals surface area contributed by atoms with Gasteiger partial charge >= 0.3 is 5.97 Å². The molecule has 0 bridgehead atoms. The van der Waals surface area contributed by atoms with Crippen LogP contribution in [0.5, 0.6) is 0 Å². The van der Waals surface area contributed by atoms with Crippen LogP contribution >= 0.6 is 11.3 Å². The molecule has 0 amide bonds. The zero-order valence-electron chi connectivity index (χ0n) is 11.0. The Morgan fingerprint density at radius 3 is 3.21 bits per heavy atom. The van der Waals surface area contributed by atoms with Gasteiger partial charge in [-0.3, -0.25) is 4.90 Å². The van der Waals surface area contributed by atoms with E-state index in [4.69, 9.17) is 9.84 Å². The Balaban J connectivity index is 1.83. The molecule has 0 saturated carbocycles. The summed E-state index contributed by atoms with van der Waals surface area (Å²) in [6, 6.07) is 2.04. The molecule has 19 heavy (non-hydrogen) atoms. The summed E-state index contributed by atoms with van der Waals surface area (Å²) >= 11 is 1.66. The highest BCUT2D eigenvalue weighted by atomic mass is 32.1. The van der Waals surface area contributed by atoms with Crippen molar-refractivity contribution in [3.63, 3.8) is 0 Å². The van der Waals surface area contributed by atoms with E-state index in [9.17, 15) is 4.79 Å². The summed E-state index contributed by atoms with van der Waals surface area (Å²) in [4.78, 5) is 13.9. The van der Waals surface area contributed by atoms with Crippen molar-refractivity contribution in [2.24, 2.45) is 0 Å². The Labute approximate surface area is 117 Å². The Kier molecular flexibility index (Phi) is 5.13. The molecule has 1 unspecified atom stereocenters. The zero-order chi connectivity index (χ0) is 13.7. The van der Waals surface area contributed by atoms with Crippen LogP contribution < -0.4 is 0 Å². The number of aliphatic carboxylic acids is 1. The van der Waals surface area contributed by atoms with Crippen molar-refractivity contribution in [1.82, 2.24) is 4.90 Å². The van der Waals surface area contributed by atoms with Gasteiger partial charge in [-0.15, -0.1) is 11.3 Å². The fourth-order valence-electron chi connectivity index (χ4n) is 2.20. The summed E-state index contributed by atoms with van der Waals surface area (Å²) < 4.78 is 5.62. The average molecular weight is 281 g/mol. The van der Waals surface area contributed by atoms with Crippen molar-refractivity contribution in [2.45, 2.75) is 25.5 Å². The van der Waals surface area contributed by atoms with E-state index in [0.29, 0.717) is 6.10 Å². The van der Waals surface area contributed by atoms with E-state index in [0.717, 1.165) is 31.7 Å². The molecule has 1 aliphatic rings. The number of carboxylic acids is 1. The molecule has 1 fully saturated rings. The van der Waals surface area contributed by atoms with E-state index in [-0.39, 0.29) is 0 Å². The summed E-state index contributed by atoms with van der Waals surface area (Å²) in [6.45, 7) is 2.73. The van der Waals surface area contributed by atoms with E-state index in [1.807, 2.05) is 11.4 Å². The van der Waals surface area contributed by atoms with Gasteiger partial charge in [0.1, 0.15) is 0 Å². The van der Waals surface area contributed by atoms with Gasteiger partial charge in [0.25, 0.3) is 0 Å². The van der Waals surface area contributed by atoms with Gasteiger partial charge in [-0.05, 0) is 43.0 Å². The number of hydrogen-bond donors (Lipinski definition) is 1. The number of thiophene rings is 1. The lowest BCUT2D eigenvalue weighted by Crippen LogP contribution is -2.27. The second kappa shape index (κ2) is 6.84. The van der Waals surface area contributed by atoms with Gasteiger partial charge in [-0.25, -0.2) is 4.79 Å². The smallest absolute Gasteiger partial charge is 0.328 e. The van der Waals surface area contributed by atoms with Crippen LogP contribution in [0.2, 0.25) is 0 Å². The Morgan fingerprint density at radius 1 is 1.68 bits per heavy atom. The second-order valence-electron chi connectivity index (χ2n) is 4.85. The number of nitrogens with zero attached hydrogens (tertiary/aromatic N) is 1. The van der Waals surface area contributed by atoms with Gasteiger partial charge in [0.15, 0.2) is 0 Å². The van der Waals surface area contributed by atoms with Crippen LogP contribution in [0, 0.1) is 0 Å². The Hall–Kier alpha value is -1.17. The molecule has 2 heterocycles. The van der Waals surface area contributed by atoms with Gasteiger partial charge in [0.2, 0.25) is 0 Å². The van der Waals surface area contributed by atoms with Gasteiger partial charge < -0.3 is 9.84 Å². The highest BCUT2D eigenvalue weighted by molar-refractivity contribution is 7.10. The summed E-state index contributed by atoms with van der Waals surface area (Å²) in [6.07, 6.45) is 5.49. The van der Waals surface area contributed by atoms with Crippen LogP contribution in [-0.2, 0) is 16.1 Å². The van der Waals surface area contributed by atoms with Crippen LogP contribution in [0.3, 0.4) is 0 Å². The molecule has 4 nitrogen and oxygen atoms in total. The molecule has 5 heteroatoms. The van der Waals surface area contributed by atoms with Crippen molar-refractivity contribution in [3.8, 4) is 0 Å². The molecule has 1 atom stereocenters. The number of likely N-dealkylation sites (N-methyl/N-ethyl adjacent to an activating group) is 1. The third-order valence-electron chi connectivity index (χ3n) is 3.06. The molecular weight excluding hydrogens is 262 g/mol. The largest absolute Gasteiger partial charge is 0.478 e. The van der Waals surface area contributed by atoms with Crippen LogP contribution in [-0.4, -0.2) is 42.3 Å². The van der Waals surface area contributed by atoms with Crippen molar-refractivity contribution in [2.75, 3.05) is 20.2 Å². The normalized spacial score (nSPS) is 19.6. The number of carbonyl (C=O) groups is 1. The minimum absolute atomic E-state index is 0.372. The highest BCUT2D eigenvalue weighted by Crippen LogP contribution is 2.19. The fraction of sp³-hybridized carbons (Fsp3) is 0.500. The van der Waals surface area contributed by atoms with E-state index in [1.54, 1.807) is 17.4 Å². The maximum atomic E-state index is 10.4. The summed E-state index contributed by atoms with van der Waals surface area (Å²) in [5.41, 5.74) is 0.952. The molecule has 1 saturated heterocycles. The first-order chi connectivity index (χ1) is 9.13. The maximum Gasteiger partial charge on any atom is 0.328 e. The molecule has 0 aromatic carbocycles. The average Bonchev–Trinajstić information content (AvgIpc) is 2.98. The highest BCUT2D eigenvalue weighted by Gasteiger charge is 2.17. The molecular formula is C14H19NO3S. The first-order valence-electron chi connectivity index (χ1n) is 6.42. The monoisotopic (exact) mass is 281 g/mol. The van der Waals surface area contributed by atoms with E-state index in [1.165, 1.54) is 17.4 Å². The van der Waals surface area contributed by atoms with Gasteiger partial charge in [-0.1, -0.05) is 0 Å². The van der Waals surface area contributed by atoms with E-state index >= 15 is 0 Å². The molecule has 1 aromatic rings. The quantitative estimate of drug-likeness (QED) is 0.814. The minimum atomic E-state index is -0.914. The molecule has 1 aliphatic heterocycles. The predicted molar refractivity (Wildman–Crippen MR) is 76.3 cm³/mol. The van der Waals surface area contributed by atoms with Crippen molar-refractivity contribution in [3.05, 3.63) is 28.0 Å². The minimum Gasteiger partial charge on any atom is -0.478 e. The van der Waals surface area contributed by atoms with Crippen LogP contribution in [0.25, 0.3) is 6.08 Å². The standard InChI is InChI=1S/C14H19NO3S/c1-15(8-12-3-2-6-18-12)9-13-7-11(10-19-13)4-5-14(16)17/h4-5,7,10,12H,2-3,6,8-9H2,1H3,(H,16,17). The number of carboxylic acid groups (broad SMARTS) is 1. The first-order valence-corrected chi connectivity index (χ1v) is 7.30. The molecule has 2 rings (SSSR count). The first kappa shape index (κ1) is 14.2. The Morgan fingerprint density at radius 2 is 2.53 bits per heavy atom. The van der Waals surface area contributed by atoms with Crippen LogP contribution in [0.15, 0.2) is 17.5 Å². The van der Waals surface area contributed by atoms with Crippen molar-refractivity contribution in [1.29, 1.82) is 0 Å². The molecule has 1 aromatic heterocycles. The lowest BCUT2D eigenvalue weighted by molar-refractivity contribution is -0.131. The molecule has 1 N–H and O–H groups in total. The SMILES string of the molecule is CN(Cc1cc(C=CC(=O)O)cs1)CC1CCCO1. The molecule has 0 radical (unpaired) electrons. The summed E-state index contributed by atoms with van der Waals surface area (Å²) in [5, 5.41) is 10.6. The number of ether oxygens (including phenoxy) is 1. The van der Waals surface area contributed by atoms with Gasteiger partial charge in [0, 0.05) is 30.6 Å². The number of rotatable bonds is 6. The van der Waals surface area contributed by atoms with E-state index < -0.39 is 5.97 Å². The van der Waals surface area contributed by atoms with Gasteiger partial charge in [0.05, 0.1) is 6.10 Å². The van der Waals surface area contributed by atoms with Crippen LogP contribution in [0.1, 0.15) is 23.3 Å². The maximum absolute atomic E-state index is 10.4. The van der Waals surface area contributed by atoms with Crippen molar-refractivity contribution < 1.29 is 14.6 Å². The van der Waals surface area contributed by atoms with Crippen LogP contribution in [0.4, 0.5) is 0 Å². The van der Waals surface area contributed by atoms with E-state index in [2.05, 4.69) is 11.9 Å². The molecule has 0 aliphatic carbocycles. The lowest BCUT2D eigenvalue weighted by atomic mass is 10.2.